The fraction of sp³-hybridized carbons (Fsp3) is 0.533. The van der Waals surface area contributed by atoms with Gasteiger partial charge in [0, 0.05) is 26.1 Å². The lowest BCUT2D eigenvalue weighted by atomic mass is 10.2. The molecule has 1 atom stereocenters. The number of ether oxygens (including phenoxy) is 1. The second kappa shape index (κ2) is 6.61. The topological polar surface area (TPSA) is 58.8 Å². The van der Waals surface area contributed by atoms with Crippen LogP contribution in [0.4, 0.5) is 5.69 Å². The molecule has 1 aromatic carbocycles. The predicted octanol–water partition coefficient (Wildman–Crippen LogP) is 1.08. The number of hydrogen-bond donors (Lipinski definition) is 1. The summed E-state index contributed by atoms with van der Waals surface area (Å²) in [5.41, 5.74) is 6.33. The molecule has 0 saturated heterocycles. The Hall–Kier alpha value is -1.75. The number of benzene rings is 1. The molecule has 5 heteroatoms. The molecule has 0 aliphatic carbocycles. The van der Waals surface area contributed by atoms with E-state index in [0.717, 1.165) is 31.1 Å². The lowest BCUT2D eigenvalue weighted by Gasteiger charge is -2.37. The first kappa shape index (κ1) is 14.7. The van der Waals surface area contributed by atoms with Crippen molar-refractivity contribution < 1.29 is 9.53 Å². The molecule has 0 aromatic heterocycles. The Bertz CT molecular complexity index is 464. The number of rotatable bonds is 6. The van der Waals surface area contributed by atoms with Gasteiger partial charge in [0.2, 0.25) is 5.91 Å². The van der Waals surface area contributed by atoms with Crippen molar-refractivity contribution in [2.75, 3.05) is 38.1 Å². The summed E-state index contributed by atoms with van der Waals surface area (Å²) in [4.78, 5) is 15.2. The summed E-state index contributed by atoms with van der Waals surface area (Å²) in [6, 6.07) is 8.12. The molecule has 5 nitrogen and oxygen atoms in total. The van der Waals surface area contributed by atoms with Crippen molar-refractivity contribution in [1.29, 1.82) is 0 Å². The van der Waals surface area contributed by atoms with E-state index in [-0.39, 0.29) is 12.0 Å². The zero-order chi connectivity index (χ0) is 14.5. The van der Waals surface area contributed by atoms with Crippen molar-refractivity contribution in [3.63, 3.8) is 0 Å². The summed E-state index contributed by atoms with van der Waals surface area (Å²) >= 11 is 0. The largest absolute Gasteiger partial charge is 0.485 e. The normalized spacial score (nSPS) is 17.8. The molecule has 2 rings (SSSR count). The molecule has 110 valence electrons. The maximum atomic E-state index is 10.8. The maximum absolute atomic E-state index is 10.8. The Balaban J connectivity index is 1.96. The lowest BCUT2D eigenvalue weighted by molar-refractivity contribution is -0.118. The number of amides is 1. The van der Waals surface area contributed by atoms with Gasteiger partial charge in [-0.25, -0.2) is 0 Å². The summed E-state index contributed by atoms with van der Waals surface area (Å²) in [5, 5.41) is 0. The molecular formula is C15H23N3O2. The summed E-state index contributed by atoms with van der Waals surface area (Å²) in [5.74, 6) is 0.677. The van der Waals surface area contributed by atoms with E-state index < -0.39 is 0 Å². The molecule has 20 heavy (non-hydrogen) atoms. The minimum absolute atomic E-state index is 0.114. The van der Waals surface area contributed by atoms with Crippen LogP contribution in [0, 0.1) is 0 Å². The van der Waals surface area contributed by atoms with E-state index in [1.807, 2.05) is 25.2 Å². The van der Waals surface area contributed by atoms with Gasteiger partial charge in [-0.3, -0.25) is 4.79 Å². The molecule has 1 heterocycles. The highest BCUT2D eigenvalue weighted by Crippen LogP contribution is 2.32. The second-order valence-electron chi connectivity index (χ2n) is 5.22. The molecule has 1 amide bonds. The number of hydrogen-bond acceptors (Lipinski definition) is 4. The van der Waals surface area contributed by atoms with Crippen LogP contribution in [0.2, 0.25) is 0 Å². The molecule has 0 saturated carbocycles. The highest BCUT2D eigenvalue weighted by molar-refractivity contribution is 5.73. The van der Waals surface area contributed by atoms with E-state index in [1.165, 1.54) is 0 Å². The van der Waals surface area contributed by atoms with E-state index in [4.69, 9.17) is 10.5 Å². The van der Waals surface area contributed by atoms with Crippen LogP contribution >= 0.6 is 0 Å². The first-order valence-corrected chi connectivity index (χ1v) is 7.07. The molecule has 0 radical (unpaired) electrons. The van der Waals surface area contributed by atoms with Crippen LogP contribution in [0.3, 0.4) is 0 Å². The molecule has 0 spiro atoms. The van der Waals surface area contributed by atoms with Crippen LogP contribution in [-0.4, -0.2) is 50.1 Å². The maximum Gasteiger partial charge on any atom is 0.218 e. The molecule has 0 unspecified atom stereocenters. The third-order valence-electron chi connectivity index (χ3n) is 3.56. The van der Waals surface area contributed by atoms with Crippen molar-refractivity contribution in [1.82, 2.24) is 4.90 Å². The van der Waals surface area contributed by atoms with E-state index in [1.54, 1.807) is 0 Å². The number of carbonyl (C=O) groups excluding carboxylic acids is 1. The Labute approximate surface area is 120 Å². The zero-order valence-electron chi connectivity index (χ0n) is 12.2. The Morgan fingerprint density at radius 3 is 2.95 bits per heavy atom. The van der Waals surface area contributed by atoms with E-state index in [0.29, 0.717) is 13.0 Å². The average molecular weight is 277 g/mol. The van der Waals surface area contributed by atoms with Gasteiger partial charge in [0.05, 0.1) is 12.2 Å². The van der Waals surface area contributed by atoms with Crippen molar-refractivity contribution in [3.8, 4) is 5.75 Å². The lowest BCUT2D eigenvalue weighted by Crippen LogP contribution is -2.46. The number of para-hydroxylation sites is 2. The molecule has 0 fully saturated rings. The molecular weight excluding hydrogens is 254 g/mol. The number of fused-ring (bicyclic) bond motifs is 1. The number of nitrogens with two attached hydrogens (primary N) is 1. The zero-order valence-corrected chi connectivity index (χ0v) is 12.2. The summed E-state index contributed by atoms with van der Waals surface area (Å²) in [6.45, 7) is 5.44. The molecule has 2 N–H and O–H groups in total. The molecule has 1 aromatic rings. The van der Waals surface area contributed by atoms with E-state index in [9.17, 15) is 4.79 Å². The van der Waals surface area contributed by atoms with Crippen molar-refractivity contribution in [3.05, 3.63) is 24.3 Å². The number of likely N-dealkylation sites (N-methyl/N-ethyl adjacent to an activating group) is 2. The smallest absolute Gasteiger partial charge is 0.218 e. The van der Waals surface area contributed by atoms with Crippen molar-refractivity contribution >= 4 is 11.6 Å². The summed E-state index contributed by atoms with van der Waals surface area (Å²) in [7, 11) is 1.99. The van der Waals surface area contributed by atoms with Gasteiger partial charge < -0.3 is 20.3 Å². The highest BCUT2D eigenvalue weighted by Gasteiger charge is 2.25. The first-order chi connectivity index (χ1) is 9.60. The fourth-order valence-corrected chi connectivity index (χ4v) is 2.51. The fourth-order valence-electron chi connectivity index (χ4n) is 2.51. The molecule has 1 aliphatic rings. The first-order valence-electron chi connectivity index (χ1n) is 7.07. The number of primary amides is 1. The van der Waals surface area contributed by atoms with Gasteiger partial charge in [0.1, 0.15) is 11.9 Å². The predicted molar refractivity (Wildman–Crippen MR) is 80.1 cm³/mol. The second-order valence-corrected chi connectivity index (χ2v) is 5.22. The minimum Gasteiger partial charge on any atom is -0.485 e. The third kappa shape index (κ3) is 3.63. The Kier molecular flexibility index (Phi) is 4.84. The van der Waals surface area contributed by atoms with Crippen LogP contribution < -0.4 is 15.4 Å². The van der Waals surface area contributed by atoms with Gasteiger partial charge in [0.25, 0.3) is 0 Å². The number of anilines is 1. The minimum atomic E-state index is -0.262. The van der Waals surface area contributed by atoms with Gasteiger partial charge in [-0.05, 0) is 26.1 Å². The van der Waals surface area contributed by atoms with Crippen LogP contribution in [0.15, 0.2) is 24.3 Å². The standard InChI is InChI=1S/C15H23N3O2/c1-3-18-11-12(10-17(2)9-8-15(16)19)20-14-7-5-4-6-13(14)18/h4-7,12H,3,8-11H2,1-2H3,(H2,16,19)/t12-/m0/s1. The van der Waals surface area contributed by atoms with Crippen LogP contribution in [0.25, 0.3) is 0 Å². The summed E-state index contributed by atoms with van der Waals surface area (Å²) < 4.78 is 6.04. The van der Waals surface area contributed by atoms with Gasteiger partial charge in [-0.2, -0.15) is 0 Å². The van der Waals surface area contributed by atoms with Crippen LogP contribution in [0.1, 0.15) is 13.3 Å². The van der Waals surface area contributed by atoms with Gasteiger partial charge >= 0.3 is 0 Å². The van der Waals surface area contributed by atoms with E-state index >= 15 is 0 Å². The van der Waals surface area contributed by atoms with Crippen molar-refractivity contribution in [2.24, 2.45) is 5.73 Å². The Morgan fingerprint density at radius 2 is 2.25 bits per heavy atom. The Morgan fingerprint density at radius 1 is 1.50 bits per heavy atom. The SMILES string of the molecule is CCN1C[C@H](CN(C)CCC(N)=O)Oc2ccccc21. The highest BCUT2D eigenvalue weighted by atomic mass is 16.5. The van der Waals surface area contributed by atoms with Crippen LogP contribution in [0.5, 0.6) is 5.75 Å². The summed E-state index contributed by atoms with van der Waals surface area (Å²) in [6.07, 6.45) is 0.500. The number of nitrogens with zero attached hydrogens (tertiary/aromatic N) is 2. The van der Waals surface area contributed by atoms with Crippen molar-refractivity contribution in [2.45, 2.75) is 19.4 Å². The van der Waals surface area contributed by atoms with Gasteiger partial charge in [-0.15, -0.1) is 0 Å². The molecule has 1 aliphatic heterocycles. The third-order valence-corrected chi connectivity index (χ3v) is 3.56. The van der Waals surface area contributed by atoms with Gasteiger partial charge in [0.15, 0.2) is 0 Å². The van der Waals surface area contributed by atoms with Gasteiger partial charge in [-0.1, -0.05) is 12.1 Å². The number of carbonyl (C=O) groups is 1. The monoisotopic (exact) mass is 277 g/mol. The van der Waals surface area contributed by atoms with Crippen LogP contribution in [-0.2, 0) is 4.79 Å². The average Bonchev–Trinajstić information content (AvgIpc) is 2.44. The quantitative estimate of drug-likeness (QED) is 0.845. The molecule has 0 bridgehead atoms. The van der Waals surface area contributed by atoms with E-state index in [2.05, 4.69) is 22.8 Å².